The van der Waals surface area contributed by atoms with Crippen LogP contribution < -0.4 is 5.32 Å². The predicted octanol–water partition coefficient (Wildman–Crippen LogP) is 3.68. The molecule has 0 aliphatic heterocycles. The number of aryl methyl sites for hydroxylation is 1. The van der Waals surface area contributed by atoms with Crippen LogP contribution in [0.5, 0.6) is 0 Å². The minimum absolute atomic E-state index is 0.0293. The third kappa shape index (κ3) is 4.95. The van der Waals surface area contributed by atoms with Crippen molar-refractivity contribution in [1.29, 1.82) is 0 Å². The van der Waals surface area contributed by atoms with Crippen molar-refractivity contribution in [3.8, 4) is 0 Å². The zero-order chi connectivity index (χ0) is 17.5. The Morgan fingerprint density at radius 2 is 1.71 bits per heavy atom. The van der Waals surface area contributed by atoms with E-state index in [0.29, 0.717) is 13.1 Å². The van der Waals surface area contributed by atoms with Crippen molar-refractivity contribution < 1.29 is 9.59 Å². The van der Waals surface area contributed by atoms with Gasteiger partial charge in [0.1, 0.15) is 0 Å². The highest BCUT2D eigenvalue weighted by molar-refractivity contribution is 5.92. The summed E-state index contributed by atoms with van der Waals surface area (Å²) >= 11 is 0. The SMILES string of the molecule is CC(=O)N(CCC(=O)Nc1cccc(C)c1C)Cc1ccccc1. The number of hydrogen-bond acceptors (Lipinski definition) is 2. The molecule has 0 aromatic heterocycles. The minimum Gasteiger partial charge on any atom is -0.338 e. The van der Waals surface area contributed by atoms with Crippen LogP contribution in [0.25, 0.3) is 0 Å². The molecule has 0 radical (unpaired) electrons. The van der Waals surface area contributed by atoms with Crippen LogP contribution in [0.2, 0.25) is 0 Å². The lowest BCUT2D eigenvalue weighted by atomic mass is 10.1. The molecular formula is C20H24N2O2. The number of amides is 2. The number of carbonyl (C=O) groups is 2. The lowest BCUT2D eigenvalue weighted by Gasteiger charge is -2.21. The molecule has 4 heteroatoms. The Hall–Kier alpha value is -2.62. The highest BCUT2D eigenvalue weighted by Crippen LogP contribution is 2.18. The molecule has 2 amide bonds. The summed E-state index contributed by atoms with van der Waals surface area (Å²) in [5.41, 5.74) is 4.10. The van der Waals surface area contributed by atoms with Crippen molar-refractivity contribution in [2.75, 3.05) is 11.9 Å². The van der Waals surface area contributed by atoms with Gasteiger partial charge in [-0.15, -0.1) is 0 Å². The van der Waals surface area contributed by atoms with E-state index in [2.05, 4.69) is 5.32 Å². The predicted molar refractivity (Wildman–Crippen MR) is 96.7 cm³/mol. The zero-order valence-electron chi connectivity index (χ0n) is 14.5. The number of nitrogens with one attached hydrogen (secondary N) is 1. The highest BCUT2D eigenvalue weighted by Gasteiger charge is 2.12. The maximum Gasteiger partial charge on any atom is 0.226 e. The second-order valence-electron chi connectivity index (χ2n) is 5.97. The van der Waals surface area contributed by atoms with Crippen molar-refractivity contribution >= 4 is 17.5 Å². The van der Waals surface area contributed by atoms with Gasteiger partial charge >= 0.3 is 0 Å². The van der Waals surface area contributed by atoms with E-state index in [1.807, 2.05) is 62.4 Å². The standard InChI is InChI=1S/C20H24N2O2/c1-15-8-7-11-19(16(15)2)21-20(24)12-13-22(17(3)23)14-18-9-5-4-6-10-18/h4-11H,12-14H2,1-3H3,(H,21,24). The van der Waals surface area contributed by atoms with E-state index >= 15 is 0 Å². The van der Waals surface area contributed by atoms with Gasteiger partial charge in [0.15, 0.2) is 0 Å². The van der Waals surface area contributed by atoms with Crippen molar-refractivity contribution in [2.24, 2.45) is 0 Å². The molecular weight excluding hydrogens is 300 g/mol. The quantitative estimate of drug-likeness (QED) is 0.881. The van der Waals surface area contributed by atoms with Crippen molar-refractivity contribution in [3.63, 3.8) is 0 Å². The lowest BCUT2D eigenvalue weighted by molar-refractivity contribution is -0.129. The number of rotatable bonds is 6. The molecule has 4 nitrogen and oxygen atoms in total. The molecule has 1 N–H and O–H groups in total. The van der Waals surface area contributed by atoms with Gasteiger partial charge in [0.05, 0.1) is 0 Å². The third-order valence-electron chi connectivity index (χ3n) is 4.15. The molecule has 2 aromatic carbocycles. The summed E-state index contributed by atoms with van der Waals surface area (Å²) in [7, 11) is 0. The van der Waals surface area contributed by atoms with Gasteiger partial charge < -0.3 is 10.2 Å². The molecule has 0 saturated carbocycles. The minimum atomic E-state index is -0.0805. The van der Waals surface area contributed by atoms with Gasteiger partial charge in [-0.3, -0.25) is 9.59 Å². The summed E-state index contributed by atoms with van der Waals surface area (Å²) in [5, 5.41) is 2.93. The maximum atomic E-state index is 12.2. The van der Waals surface area contributed by atoms with Crippen LogP contribution in [-0.2, 0) is 16.1 Å². The number of benzene rings is 2. The number of carbonyl (C=O) groups excluding carboxylic acids is 2. The first-order valence-corrected chi connectivity index (χ1v) is 8.13. The number of hydrogen-bond donors (Lipinski definition) is 1. The second-order valence-corrected chi connectivity index (χ2v) is 5.97. The summed E-state index contributed by atoms with van der Waals surface area (Å²) in [6.07, 6.45) is 0.278. The van der Waals surface area contributed by atoms with Crippen LogP contribution in [0.15, 0.2) is 48.5 Å². The Balaban J connectivity index is 1.93. The molecule has 2 aromatic rings. The Morgan fingerprint density at radius 1 is 1.00 bits per heavy atom. The largest absolute Gasteiger partial charge is 0.338 e. The summed E-state index contributed by atoms with van der Waals surface area (Å²) < 4.78 is 0. The van der Waals surface area contributed by atoms with Crippen LogP contribution in [-0.4, -0.2) is 23.3 Å². The molecule has 0 aliphatic carbocycles. The number of anilines is 1. The molecule has 0 spiro atoms. The van der Waals surface area contributed by atoms with E-state index in [1.165, 1.54) is 6.92 Å². The smallest absolute Gasteiger partial charge is 0.226 e. The fraction of sp³-hybridized carbons (Fsp3) is 0.300. The van der Waals surface area contributed by atoms with Crippen LogP contribution in [0.4, 0.5) is 5.69 Å². The first-order chi connectivity index (χ1) is 11.5. The van der Waals surface area contributed by atoms with E-state index in [9.17, 15) is 9.59 Å². The highest BCUT2D eigenvalue weighted by atomic mass is 16.2. The van der Waals surface area contributed by atoms with Gasteiger partial charge in [-0.05, 0) is 36.6 Å². The average Bonchev–Trinajstić information content (AvgIpc) is 2.56. The zero-order valence-corrected chi connectivity index (χ0v) is 14.5. The Bertz CT molecular complexity index is 711. The van der Waals surface area contributed by atoms with E-state index in [1.54, 1.807) is 4.90 Å². The Labute approximate surface area is 143 Å². The van der Waals surface area contributed by atoms with Crippen LogP contribution in [0.1, 0.15) is 30.0 Å². The van der Waals surface area contributed by atoms with Gasteiger partial charge in [0, 0.05) is 32.1 Å². The summed E-state index contributed by atoms with van der Waals surface area (Å²) in [5.74, 6) is -0.110. The van der Waals surface area contributed by atoms with Crippen LogP contribution in [0.3, 0.4) is 0 Å². The molecule has 0 unspecified atom stereocenters. The molecule has 0 atom stereocenters. The average molecular weight is 324 g/mol. The molecule has 0 aliphatic rings. The summed E-state index contributed by atoms with van der Waals surface area (Å²) in [6.45, 7) is 6.46. The van der Waals surface area contributed by atoms with E-state index < -0.39 is 0 Å². The van der Waals surface area contributed by atoms with Crippen molar-refractivity contribution in [2.45, 2.75) is 33.7 Å². The monoisotopic (exact) mass is 324 g/mol. The third-order valence-corrected chi connectivity index (χ3v) is 4.15. The maximum absolute atomic E-state index is 12.2. The van der Waals surface area contributed by atoms with Gasteiger partial charge in [-0.25, -0.2) is 0 Å². The second kappa shape index (κ2) is 8.29. The molecule has 0 bridgehead atoms. The van der Waals surface area contributed by atoms with E-state index in [4.69, 9.17) is 0 Å². The lowest BCUT2D eigenvalue weighted by Crippen LogP contribution is -2.31. The van der Waals surface area contributed by atoms with Crippen molar-refractivity contribution in [3.05, 3.63) is 65.2 Å². The first kappa shape index (κ1) is 17.7. The molecule has 0 saturated heterocycles. The van der Waals surface area contributed by atoms with Crippen molar-refractivity contribution in [1.82, 2.24) is 4.90 Å². The van der Waals surface area contributed by atoms with E-state index in [0.717, 1.165) is 22.4 Å². The normalized spacial score (nSPS) is 10.3. The van der Waals surface area contributed by atoms with E-state index in [-0.39, 0.29) is 18.2 Å². The summed E-state index contributed by atoms with van der Waals surface area (Å²) in [4.78, 5) is 25.7. The molecule has 24 heavy (non-hydrogen) atoms. The summed E-state index contributed by atoms with van der Waals surface area (Å²) in [6, 6.07) is 15.6. The Kier molecular flexibility index (Phi) is 6.13. The fourth-order valence-corrected chi connectivity index (χ4v) is 2.49. The molecule has 2 rings (SSSR count). The van der Waals surface area contributed by atoms with Gasteiger partial charge in [-0.1, -0.05) is 42.5 Å². The Morgan fingerprint density at radius 3 is 2.38 bits per heavy atom. The van der Waals surface area contributed by atoms with Crippen LogP contribution >= 0.6 is 0 Å². The molecule has 126 valence electrons. The number of nitrogens with zero attached hydrogens (tertiary/aromatic N) is 1. The van der Waals surface area contributed by atoms with Gasteiger partial charge in [0.2, 0.25) is 11.8 Å². The van der Waals surface area contributed by atoms with Crippen LogP contribution in [0, 0.1) is 13.8 Å². The topological polar surface area (TPSA) is 49.4 Å². The molecule has 0 fully saturated rings. The fourth-order valence-electron chi connectivity index (χ4n) is 2.49. The first-order valence-electron chi connectivity index (χ1n) is 8.13. The van der Waals surface area contributed by atoms with Gasteiger partial charge in [-0.2, -0.15) is 0 Å². The molecule has 0 heterocycles. The van der Waals surface area contributed by atoms with Gasteiger partial charge in [0.25, 0.3) is 0 Å².